The lowest BCUT2D eigenvalue weighted by molar-refractivity contribution is 0.112. The van der Waals surface area contributed by atoms with E-state index in [0.717, 1.165) is 12.5 Å². The zero-order valence-electron chi connectivity index (χ0n) is 10.6. The van der Waals surface area contributed by atoms with Crippen molar-refractivity contribution in [2.24, 2.45) is 5.92 Å². The molecule has 1 rings (SSSR count). The summed E-state index contributed by atoms with van der Waals surface area (Å²) in [6.07, 6.45) is 6.97. The maximum absolute atomic E-state index is 5.55. The van der Waals surface area contributed by atoms with Crippen LogP contribution in [0.1, 0.15) is 52.9 Å². The van der Waals surface area contributed by atoms with Crippen molar-refractivity contribution in [3.05, 3.63) is 0 Å². The summed E-state index contributed by atoms with van der Waals surface area (Å²) in [6.45, 7) is 8.86. The van der Waals surface area contributed by atoms with Crippen molar-refractivity contribution < 1.29 is 4.74 Å². The van der Waals surface area contributed by atoms with Crippen LogP contribution < -0.4 is 5.32 Å². The van der Waals surface area contributed by atoms with Crippen LogP contribution >= 0.6 is 0 Å². The number of unbranched alkanes of at least 4 members (excludes halogenated alkanes) is 1. The summed E-state index contributed by atoms with van der Waals surface area (Å²) < 4.78 is 5.55. The van der Waals surface area contributed by atoms with Crippen LogP contribution in [0.15, 0.2) is 0 Å². The molecule has 1 heterocycles. The highest BCUT2D eigenvalue weighted by molar-refractivity contribution is 4.79. The van der Waals surface area contributed by atoms with Gasteiger partial charge in [0.15, 0.2) is 0 Å². The zero-order chi connectivity index (χ0) is 11.1. The van der Waals surface area contributed by atoms with Gasteiger partial charge in [0.2, 0.25) is 0 Å². The lowest BCUT2D eigenvalue weighted by Crippen LogP contribution is -2.37. The Bertz CT molecular complexity index is 161. The maximum atomic E-state index is 5.55. The van der Waals surface area contributed by atoms with E-state index in [-0.39, 0.29) is 0 Å². The predicted octanol–water partition coefficient (Wildman–Crippen LogP) is 2.97. The number of rotatable bonds is 7. The quantitative estimate of drug-likeness (QED) is 0.702. The van der Waals surface area contributed by atoms with Gasteiger partial charge in [-0.2, -0.15) is 0 Å². The lowest BCUT2D eigenvalue weighted by atomic mass is 9.98. The first-order valence-corrected chi connectivity index (χ1v) is 6.62. The minimum atomic E-state index is 0.411. The fourth-order valence-corrected chi connectivity index (χ4v) is 2.26. The van der Waals surface area contributed by atoms with Gasteiger partial charge < -0.3 is 10.1 Å². The Balaban J connectivity index is 2.15. The molecule has 90 valence electrons. The van der Waals surface area contributed by atoms with Crippen LogP contribution in [-0.4, -0.2) is 25.3 Å². The second-order valence-corrected chi connectivity index (χ2v) is 4.80. The standard InChI is InChI=1S/C13H27NO/c1-4-6-7-12(5-2)10-14-13-8-9-15-11(13)3/h11-14H,4-10H2,1-3H3/t11-,12+,13-/m1/s1. The molecule has 1 fully saturated rings. The van der Waals surface area contributed by atoms with Crippen molar-refractivity contribution in [1.29, 1.82) is 0 Å². The van der Waals surface area contributed by atoms with Crippen LogP contribution in [0.25, 0.3) is 0 Å². The van der Waals surface area contributed by atoms with Crippen molar-refractivity contribution in [3.63, 3.8) is 0 Å². The molecule has 0 aromatic heterocycles. The second-order valence-electron chi connectivity index (χ2n) is 4.80. The molecule has 1 aliphatic rings. The van der Waals surface area contributed by atoms with Crippen molar-refractivity contribution in [1.82, 2.24) is 5.32 Å². The Hall–Kier alpha value is -0.0800. The van der Waals surface area contributed by atoms with Gasteiger partial charge in [0, 0.05) is 12.6 Å². The molecule has 2 heteroatoms. The molecule has 0 unspecified atom stereocenters. The average Bonchev–Trinajstić information content (AvgIpc) is 2.65. The Morgan fingerprint density at radius 3 is 2.73 bits per heavy atom. The van der Waals surface area contributed by atoms with E-state index in [1.54, 1.807) is 0 Å². The molecule has 2 nitrogen and oxygen atoms in total. The third-order valence-electron chi connectivity index (χ3n) is 3.59. The smallest absolute Gasteiger partial charge is 0.0700 e. The van der Waals surface area contributed by atoms with Gasteiger partial charge in [-0.05, 0) is 32.2 Å². The molecule has 1 aliphatic heterocycles. The van der Waals surface area contributed by atoms with Crippen molar-refractivity contribution in [2.45, 2.75) is 65.0 Å². The third kappa shape index (κ3) is 4.52. The molecular weight excluding hydrogens is 186 g/mol. The van der Waals surface area contributed by atoms with E-state index in [0.29, 0.717) is 12.1 Å². The van der Waals surface area contributed by atoms with Crippen molar-refractivity contribution in [3.8, 4) is 0 Å². The second kappa shape index (κ2) is 7.24. The molecule has 0 aromatic carbocycles. The molecule has 0 radical (unpaired) electrons. The molecule has 0 bridgehead atoms. The third-order valence-corrected chi connectivity index (χ3v) is 3.59. The van der Waals surface area contributed by atoms with Crippen LogP contribution in [0.2, 0.25) is 0 Å². The number of ether oxygens (including phenoxy) is 1. The van der Waals surface area contributed by atoms with E-state index >= 15 is 0 Å². The monoisotopic (exact) mass is 213 g/mol. The van der Waals surface area contributed by atoms with E-state index in [9.17, 15) is 0 Å². The summed E-state index contributed by atoms with van der Waals surface area (Å²) in [6, 6.07) is 0.598. The number of hydrogen-bond acceptors (Lipinski definition) is 2. The molecule has 0 aliphatic carbocycles. The van der Waals surface area contributed by atoms with Gasteiger partial charge in [-0.1, -0.05) is 33.1 Å². The van der Waals surface area contributed by atoms with E-state index in [1.165, 1.54) is 38.6 Å². The van der Waals surface area contributed by atoms with Gasteiger partial charge in [-0.25, -0.2) is 0 Å². The van der Waals surface area contributed by atoms with Crippen LogP contribution in [0.5, 0.6) is 0 Å². The topological polar surface area (TPSA) is 21.3 Å². The van der Waals surface area contributed by atoms with Gasteiger partial charge in [0.1, 0.15) is 0 Å². The minimum absolute atomic E-state index is 0.411. The number of nitrogens with one attached hydrogen (secondary N) is 1. The summed E-state index contributed by atoms with van der Waals surface area (Å²) in [4.78, 5) is 0. The Labute approximate surface area is 94.8 Å². The SMILES string of the molecule is CCCC[C@H](CC)CN[C@@H]1CCO[C@@H]1C. The molecular formula is C13H27NO. The van der Waals surface area contributed by atoms with Gasteiger partial charge in [0.25, 0.3) is 0 Å². The molecule has 1 saturated heterocycles. The molecule has 3 atom stereocenters. The van der Waals surface area contributed by atoms with Gasteiger partial charge in [-0.3, -0.25) is 0 Å². The summed E-state index contributed by atoms with van der Waals surface area (Å²) in [5.41, 5.74) is 0. The Morgan fingerprint density at radius 2 is 2.20 bits per heavy atom. The molecule has 1 N–H and O–H groups in total. The van der Waals surface area contributed by atoms with Crippen molar-refractivity contribution in [2.75, 3.05) is 13.2 Å². The number of hydrogen-bond donors (Lipinski definition) is 1. The summed E-state index contributed by atoms with van der Waals surface area (Å²) in [5, 5.41) is 3.67. The first kappa shape index (κ1) is 13.0. The van der Waals surface area contributed by atoms with Gasteiger partial charge in [0.05, 0.1) is 6.10 Å². The lowest BCUT2D eigenvalue weighted by Gasteiger charge is -2.20. The van der Waals surface area contributed by atoms with Crippen LogP contribution in [0.4, 0.5) is 0 Å². The molecule has 0 saturated carbocycles. The van der Waals surface area contributed by atoms with Crippen LogP contribution in [0.3, 0.4) is 0 Å². The maximum Gasteiger partial charge on any atom is 0.0700 e. The largest absolute Gasteiger partial charge is 0.377 e. The van der Waals surface area contributed by atoms with Crippen LogP contribution in [0, 0.1) is 5.92 Å². The van der Waals surface area contributed by atoms with E-state index < -0.39 is 0 Å². The van der Waals surface area contributed by atoms with E-state index in [1.807, 2.05) is 0 Å². The highest BCUT2D eigenvalue weighted by atomic mass is 16.5. The van der Waals surface area contributed by atoms with Gasteiger partial charge in [-0.15, -0.1) is 0 Å². The van der Waals surface area contributed by atoms with Crippen molar-refractivity contribution >= 4 is 0 Å². The molecule has 0 aromatic rings. The average molecular weight is 213 g/mol. The first-order chi connectivity index (χ1) is 7.27. The fourth-order valence-electron chi connectivity index (χ4n) is 2.26. The zero-order valence-corrected chi connectivity index (χ0v) is 10.6. The molecule has 0 amide bonds. The normalized spacial score (nSPS) is 28.2. The first-order valence-electron chi connectivity index (χ1n) is 6.62. The van der Waals surface area contributed by atoms with E-state index in [4.69, 9.17) is 4.74 Å². The highest BCUT2D eigenvalue weighted by Gasteiger charge is 2.23. The predicted molar refractivity (Wildman–Crippen MR) is 65.1 cm³/mol. The summed E-state index contributed by atoms with van der Waals surface area (Å²) in [5.74, 6) is 0.859. The van der Waals surface area contributed by atoms with Crippen LogP contribution in [-0.2, 0) is 4.74 Å². The fraction of sp³-hybridized carbons (Fsp3) is 1.00. The Kier molecular flexibility index (Phi) is 6.26. The summed E-state index contributed by atoms with van der Waals surface area (Å²) >= 11 is 0. The van der Waals surface area contributed by atoms with E-state index in [2.05, 4.69) is 26.1 Å². The Morgan fingerprint density at radius 1 is 1.40 bits per heavy atom. The summed E-state index contributed by atoms with van der Waals surface area (Å²) in [7, 11) is 0. The molecule has 0 spiro atoms. The van der Waals surface area contributed by atoms with Gasteiger partial charge >= 0.3 is 0 Å². The highest BCUT2D eigenvalue weighted by Crippen LogP contribution is 2.15. The molecule has 15 heavy (non-hydrogen) atoms. The minimum Gasteiger partial charge on any atom is -0.377 e.